The third-order valence-corrected chi connectivity index (χ3v) is 4.34. The van der Waals surface area contributed by atoms with Crippen molar-refractivity contribution in [2.45, 2.75) is 33.1 Å². The highest BCUT2D eigenvalue weighted by molar-refractivity contribution is 5.96. The average Bonchev–Trinajstić information content (AvgIpc) is 2.76. The first-order chi connectivity index (χ1) is 14.5. The number of para-hydroxylation sites is 1. The molecule has 2 N–H and O–H groups in total. The van der Waals surface area contributed by atoms with Gasteiger partial charge in [0.2, 0.25) is 0 Å². The van der Waals surface area contributed by atoms with Gasteiger partial charge in [0.15, 0.2) is 11.5 Å². The molecule has 0 aromatic heterocycles. The molecule has 2 aromatic rings. The van der Waals surface area contributed by atoms with Gasteiger partial charge in [-0.1, -0.05) is 43.5 Å². The number of hydrogen-bond acceptors (Lipinski definition) is 5. The summed E-state index contributed by atoms with van der Waals surface area (Å²) in [5, 5.41) is 6.54. The number of ether oxygens (including phenoxy) is 2. The first-order valence-corrected chi connectivity index (χ1v) is 10.0. The number of rotatable bonds is 11. The Morgan fingerprint density at radius 3 is 2.57 bits per heavy atom. The Hall–Kier alpha value is -3.35. The molecule has 2 rings (SSSR count). The maximum Gasteiger partial charge on any atom is 0.259 e. The van der Waals surface area contributed by atoms with Crippen LogP contribution in [0.5, 0.6) is 11.5 Å². The Kier molecular flexibility index (Phi) is 9.37. The summed E-state index contributed by atoms with van der Waals surface area (Å²) in [7, 11) is 1.58. The molecule has 0 saturated carbocycles. The number of benzene rings is 2. The van der Waals surface area contributed by atoms with Crippen LogP contribution in [-0.2, 0) is 4.79 Å². The molecule has 0 bridgehead atoms. The number of carbonyl (C=O) groups excluding carboxylic acids is 2. The van der Waals surface area contributed by atoms with Crippen LogP contribution in [0.15, 0.2) is 47.6 Å². The summed E-state index contributed by atoms with van der Waals surface area (Å²) >= 11 is 0. The van der Waals surface area contributed by atoms with Gasteiger partial charge in [0.1, 0.15) is 0 Å². The fraction of sp³-hybridized carbons (Fsp3) is 0.348. The van der Waals surface area contributed by atoms with Crippen molar-refractivity contribution in [3.05, 3.63) is 59.2 Å². The van der Waals surface area contributed by atoms with E-state index in [9.17, 15) is 9.59 Å². The summed E-state index contributed by atoms with van der Waals surface area (Å²) in [5.41, 5.74) is 4.66. The quantitative estimate of drug-likeness (QED) is 0.337. The van der Waals surface area contributed by atoms with Gasteiger partial charge in [-0.3, -0.25) is 9.59 Å². The summed E-state index contributed by atoms with van der Waals surface area (Å²) in [6, 6.07) is 12.6. The lowest BCUT2D eigenvalue weighted by Gasteiger charge is -2.13. The number of nitrogens with one attached hydrogen (secondary N) is 2. The highest BCUT2D eigenvalue weighted by atomic mass is 16.5. The molecular weight excluding hydrogens is 382 g/mol. The number of unbranched alkanes of at least 4 members (excludes halogenated alkanes) is 2. The third-order valence-electron chi connectivity index (χ3n) is 4.34. The molecule has 7 heteroatoms. The largest absolute Gasteiger partial charge is 0.493 e. The molecule has 0 fully saturated rings. The number of hydrogen-bond donors (Lipinski definition) is 2. The van der Waals surface area contributed by atoms with Crippen LogP contribution in [0.25, 0.3) is 0 Å². The maximum atomic E-state index is 12.1. The summed E-state index contributed by atoms with van der Waals surface area (Å²) in [4.78, 5) is 24.0. The van der Waals surface area contributed by atoms with E-state index in [4.69, 9.17) is 9.47 Å². The van der Waals surface area contributed by atoms with Gasteiger partial charge in [-0.15, -0.1) is 0 Å². The van der Waals surface area contributed by atoms with Crippen LogP contribution in [0.2, 0.25) is 0 Å². The maximum absolute atomic E-state index is 12.1. The number of methoxy groups -OCH3 is 1. The Morgan fingerprint density at radius 1 is 1.10 bits per heavy atom. The lowest BCUT2D eigenvalue weighted by Crippen LogP contribution is -2.34. The third kappa shape index (κ3) is 7.24. The van der Waals surface area contributed by atoms with Crippen LogP contribution in [0.1, 0.15) is 47.7 Å². The molecule has 30 heavy (non-hydrogen) atoms. The second kappa shape index (κ2) is 12.3. The van der Waals surface area contributed by atoms with E-state index in [1.807, 2.05) is 37.3 Å². The Labute approximate surface area is 177 Å². The zero-order valence-electron chi connectivity index (χ0n) is 17.7. The molecule has 7 nitrogen and oxygen atoms in total. The lowest BCUT2D eigenvalue weighted by atomic mass is 10.1. The van der Waals surface area contributed by atoms with Crippen molar-refractivity contribution in [3.63, 3.8) is 0 Å². The minimum atomic E-state index is -0.431. The number of amides is 2. The van der Waals surface area contributed by atoms with Crippen LogP contribution < -0.4 is 20.2 Å². The van der Waals surface area contributed by atoms with Gasteiger partial charge >= 0.3 is 0 Å². The first kappa shape index (κ1) is 22.9. The van der Waals surface area contributed by atoms with Gasteiger partial charge in [-0.25, -0.2) is 5.43 Å². The van der Waals surface area contributed by atoms with Crippen molar-refractivity contribution in [2.75, 3.05) is 20.3 Å². The molecule has 0 atom stereocenters. The zero-order chi connectivity index (χ0) is 21.8. The number of carbonyl (C=O) groups is 2. The Balaban J connectivity index is 1.89. The molecule has 0 radical (unpaired) electrons. The molecule has 0 spiro atoms. The average molecular weight is 412 g/mol. The number of hydrazone groups is 1. The van der Waals surface area contributed by atoms with Crippen LogP contribution in [0, 0.1) is 6.92 Å². The van der Waals surface area contributed by atoms with Crippen LogP contribution in [0.4, 0.5) is 0 Å². The molecule has 160 valence electrons. The van der Waals surface area contributed by atoms with Gasteiger partial charge in [0.05, 0.1) is 26.5 Å². The summed E-state index contributed by atoms with van der Waals surface area (Å²) in [5.74, 6) is 0.443. The van der Waals surface area contributed by atoms with Gasteiger partial charge in [0.25, 0.3) is 11.8 Å². The van der Waals surface area contributed by atoms with E-state index >= 15 is 0 Å². The predicted octanol–water partition coefficient (Wildman–Crippen LogP) is 3.45. The van der Waals surface area contributed by atoms with Crippen molar-refractivity contribution in [1.29, 1.82) is 0 Å². The van der Waals surface area contributed by atoms with Crippen molar-refractivity contribution in [2.24, 2.45) is 5.10 Å². The standard InChI is InChI=1S/C23H29N3O4/c1-4-5-6-14-30-22-19(8-7-9-20(22)29-3)15-25-26-21(27)16-24-23(28)18-12-10-17(2)11-13-18/h7-13,15H,4-6,14,16H2,1-3H3,(H,24,28)(H,26,27)/b25-15+. The molecule has 0 unspecified atom stereocenters. The minimum absolute atomic E-state index is 0.178. The number of aryl methyl sites for hydroxylation is 1. The van der Waals surface area contributed by atoms with Crippen molar-refractivity contribution in [3.8, 4) is 11.5 Å². The van der Waals surface area contributed by atoms with E-state index in [0.717, 1.165) is 24.8 Å². The Bertz CT molecular complexity index is 863. The lowest BCUT2D eigenvalue weighted by molar-refractivity contribution is -0.120. The fourth-order valence-corrected chi connectivity index (χ4v) is 2.66. The highest BCUT2D eigenvalue weighted by Crippen LogP contribution is 2.30. The smallest absolute Gasteiger partial charge is 0.259 e. The van der Waals surface area contributed by atoms with Crippen LogP contribution >= 0.6 is 0 Å². The topological polar surface area (TPSA) is 89.0 Å². The monoisotopic (exact) mass is 411 g/mol. The normalized spacial score (nSPS) is 10.6. The number of nitrogens with zero attached hydrogens (tertiary/aromatic N) is 1. The van der Waals surface area contributed by atoms with Gasteiger partial charge < -0.3 is 14.8 Å². The van der Waals surface area contributed by atoms with E-state index in [1.165, 1.54) is 6.21 Å². The van der Waals surface area contributed by atoms with Gasteiger partial charge in [-0.2, -0.15) is 5.10 Å². The Morgan fingerprint density at radius 2 is 1.87 bits per heavy atom. The van der Waals surface area contributed by atoms with Crippen molar-refractivity contribution < 1.29 is 19.1 Å². The molecule has 2 aromatic carbocycles. The minimum Gasteiger partial charge on any atom is -0.493 e. The van der Waals surface area contributed by atoms with E-state index in [-0.39, 0.29) is 12.5 Å². The molecule has 2 amide bonds. The second-order valence-electron chi connectivity index (χ2n) is 6.78. The van der Waals surface area contributed by atoms with Gasteiger partial charge in [-0.05, 0) is 37.6 Å². The zero-order valence-corrected chi connectivity index (χ0v) is 17.7. The molecular formula is C23H29N3O4. The fourth-order valence-electron chi connectivity index (χ4n) is 2.66. The van der Waals surface area contributed by atoms with Crippen LogP contribution in [0.3, 0.4) is 0 Å². The summed E-state index contributed by atoms with van der Waals surface area (Å²) in [6.45, 7) is 4.47. The van der Waals surface area contributed by atoms with E-state index < -0.39 is 5.91 Å². The van der Waals surface area contributed by atoms with Crippen molar-refractivity contribution in [1.82, 2.24) is 10.7 Å². The molecule has 0 aliphatic rings. The predicted molar refractivity (Wildman–Crippen MR) is 117 cm³/mol. The second-order valence-corrected chi connectivity index (χ2v) is 6.78. The molecule has 0 aliphatic heterocycles. The highest BCUT2D eigenvalue weighted by Gasteiger charge is 2.10. The molecule has 0 aliphatic carbocycles. The summed E-state index contributed by atoms with van der Waals surface area (Å²) in [6.07, 6.45) is 4.64. The first-order valence-electron chi connectivity index (χ1n) is 10.0. The molecule has 0 heterocycles. The molecule has 0 saturated heterocycles. The van der Waals surface area contributed by atoms with E-state index in [2.05, 4.69) is 22.8 Å². The van der Waals surface area contributed by atoms with Crippen molar-refractivity contribution >= 4 is 18.0 Å². The van der Waals surface area contributed by atoms with Crippen LogP contribution in [-0.4, -0.2) is 38.3 Å². The van der Waals surface area contributed by atoms with E-state index in [1.54, 1.807) is 19.2 Å². The summed E-state index contributed by atoms with van der Waals surface area (Å²) < 4.78 is 11.2. The SMILES string of the molecule is CCCCCOc1c(/C=N/NC(=O)CNC(=O)c2ccc(C)cc2)cccc1OC. The van der Waals surface area contributed by atoms with E-state index in [0.29, 0.717) is 29.2 Å². The van der Waals surface area contributed by atoms with Gasteiger partial charge in [0, 0.05) is 11.1 Å².